The van der Waals surface area contributed by atoms with Gasteiger partial charge in [0.15, 0.2) is 0 Å². The summed E-state index contributed by atoms with van der Waals surface area (Å²) in [7, 11) is 0. The number of carbonyl (C=O) groups is 2. The van der Waals surface area contributed by atoms with E-state index in [-0.39, 0.29) is 36.0 Å². The van der Waals surface area contributed by atoms with Crippen LogP contribution in [0.1, 0.15) is 23.7 Å². The SMILES string of the molecule is CCC(=O)OC(=O)c1ccccc1.[NaH]. The number of hydrogen-bond donors (Lipinski definition) is 0. The first-order chi connectivity index (χ1) is 6.24. The van der Waals surface area contributed by atoms with Crippen molar-refractivity contribution in [1.82, 2.24) is 0 Å². The average Bonchev–Trinajstić information content (AvgIpc) is 2.19. The van der Waals surface area contributed by atoms with Crippen LogP contribution < -0.4 is 0 Å². The van der Waals surface area contributed by atoms with Crippen LogP contribution in [0.5, 0.6) is 0 Å². The van der Waals surface area contributed by atoms with E-state index in [1.54, 1.807) is 37.3 Å². The van der Waals surface area contributed by atoms with E-state index in [0.29, 0.717) is 5.56 Å². The second-order valence-electron chi connectivity index (χ2n) is 2.48. The first kappa shape index (κ1) is 13.4. The summed E-state index contributed by atoms with van der Waals surface area (Å²) >= 11 is 0. The van der Waals surface area contributed by atoms with Gasteiger partial charge in [-0.1, -0.05) is 25.1 Å². The van der Waals surface area contributed by atoms with Gasteiger partial charge < -0.3 is 4.74 Å². The van der Waals surface area contributed by atoms with Crippen LogP contribution in [0.25, 0.3) is 0 Å². The summed E-state index contributed by atoms with van der Waals surface area (Å²) in [6, 6.07) is 8.43. The maximum atomic E-state index is 11.2. The zero-order chi connectivity index (χ0) is 9.68. The van der Waals surface area contributed by atoms with E-state index < -0.39 is 11.9 Å². The van der Waals surface area contributed by atoms with Gasteiger partial charge in [0.05, 0.1) is 5.56 Å². The third-order valence-corrected chi connectivity index (χ3v) is 1.50. The molecule has 0 radical (unpaired) electrons. The number of carbonyl (C=O) groups excluding carboxylic acids is 2. The first-order valence-corrected chi connectivity index (χ1v) is 4.04. The summed E-state index contributed by atoms with van der Waals surface area (Å²) < 4.78 is 4.51. The predicted octanol–water partition coefficient (Wildman–Crippen LogP) is 1.13. The van der Waals surface area contributed by atoms with Gasteiger partial charge in [-0.2, -0.15) is 0 Å². The van der Waals surface area contributed by atoms with Crippen molar-refractivity contribution in [2.45, 2.75) is 13.3 Å². The Morgan fingerprint density at radius 2 is 1.79 bits per heavy atom. The monoisotopic (exact) mass is 202 g/mol. The topological polar surface area (TPSA) is 43.4 Å². The van der Waals surface area contributed by atoms with Crippen molar-refractivity contribution >= 4 is 41.5 Å². The van der Waals surface area contributed by atoms with Crippen molar-refractivity contribution in [1.29, 1.82) is 0 Å². The Morgan fingerprint density at radius 3 is 2.29 bits per heavy atom. The average molecular weight is 202 g/mol. The summed E-state index contributed by atoms with van der Waals surface area (Å²) in [5.41, 5.74) is 0.393. The van der Waals surface area contributed by atoms with Gasteiger partial charge in [0.1, 0.15) is 0 Å². The van der Waals surface area contributed by atoms with Crippen LogP contribution in [-0.2, 0) is 9.53 Å². The second kappa shape index (κ2) is 6.76. The molecule has 1 aromatic rings. The molecule has 0 amide bonds. The molecule has 0 aliphatic heterocycles. The molecule has 0 aromatic heterocycles. The summed E-state index contributed by atoms with van der Waals surface area (Å²) in [5.74, 6) is -1.10. The fourth-order valence-electron chi connectivity index (χ4n) is 0.809. The Hall–Kier alpha value is -0.640. The molecule has 0 fully saturated rings. The molecule has 0 aliphatic rings. The number of hydrogen-bond acceptors (Lipinski definition) is 3. The molecule has 0 unspecified atom stereocenters. The van der Waals surface area contributed by atoms with Crippen molar-refractivity contribution in [3.63, 3.8) is 0 Å². The Balaban J connectivity index is 0.00000169. The zero-order valence-corrected chi connectivity index (χ0v) is 7.32. The Morgan fingerprint density at radius 1 is 1.21 bits per heavy atom. The van der Waals surface area contributed by atoms with E-state index in [4.69, 9.17) is 0 Å². The molecule has 1 aromatic carbocycles. The fraction of sp³-hybridized carbons (Fsp3) is 0.200. The van der Waals surface area contributed by atoms with Gasteiger partial charge in [0, 0.05) is 6.42 Å². The molecule has 0 spiro atoms. The molecule has 0 bridgehead atoms. The summed E-state index contributed by atoms with van der Waals surface area (Å²) in [6.45, 7) is 1.64. The number of rotatable bonds is 2. The van der Waals surface area contributed by atoms with Crippen molar-refractivity contribution in [3.05, 3.63) is 35.9 Å². The molecule has 70 valence electrons. The normalized spacial score (nSPS) is 8.64. The molecule has 3 nitrogen and oxygen atoms in total. The quantitative estimate of drug-likeness (QED) is 0.410. The molecule has 0 N–H and O–H groups in total. The van der Waals surface area contributed by atoms with Crippen LogP contribution in [0.2, 0.25) is 0 Å². The van der Waals surface area contributed by atoms with Gasteiger partial charge in [0.25, 0.3) is 0 Å². The van der Waals surface area contributed by atoms with Crippen LogP contribution in [0.4, 0.5) is 0 Å². The van der Waals surface area contributed by atoms with E-state index in [9.17, 15) is 9.59 Å². The van der Waals surface area contributed by atoms with E-state index in [0.717, 1.165) is 0 Å². The van der Waals surface area contributed by atoms with E-state index >= 15 is 0 Å². The van der Waals surface area contributed by atoms with Gasteiger partial charge in [-0.05, 0) is 12.1 Å². The van der Waals surface area contributed by atoms with Gasteiger partial charge >= 0.3 is 41.5 Å². The molecule has 0 atom stereocenters. The number of benzene rings is 1. The molecule has 14 heavy (non-hydrogen) atoms. The van der Waals surface area contributed by atoms with E-state index in [1.165, 1.54) is 0 Å². The standard InChI is InChI=1S/C10H10O3.Na.H/c1-2-9(11)13-10(12)8-6-4-3-5-7-8;;/h3-7H,2H2,1H3;;. The maximum absolute atomic E-state index is 11.2. The second-order valence-corrected chi connectivity index (χ2v) is 2.48. The van der Waals surface area contributed by atoms with Crippen molar-refractivity contribution in [2.75, 3.05) is 0 Å². The molecular formula is C10H11NaO3. The first-order valence-electron chi connectivity index (χ1n) is 4.04. The minimum absolute atomic E-state index is 0. The van der Waals surface area contributed by atoms with Crippen LogP contribution >= 0.6 is 0 Å². The van der Waals surface area contributed by atoms with Gasteiger partial charge in [0.2, 0.25) is 0 Å². The zero-order valence-electron chi connectivity index (χ0n) is 7.32. The van der Waals surface area contributed by atoms with Crippen molar-refractivity contribution < 1.29 is 14.3 Å². The Kier molecular flexibility index (Phi) is 6.45. The minimum atomic E-state index is -0.590. The number of esters is 2. The van der Waals surface area contributed by atoms with Gasteiger partial charge in [-0.3, -0.25) is 4.79 Å². The summed E-state index contributed by atoms with van der Waals surface area (Å²) in [6.07, 6.45) is 0.207. The molecule has 0 saturated carbocycles. The van der Waals surface area contributed by atoms with Crippen LogP contribution in [0.3, 0.4) is 0 Å². The van der Waals surface area contributed by atoms with Crippen LogP contribution in [0.15, 0.2) is 30.3 Å². The molecule has 0 aliphatic carbocycles. The van der Waals surface area contributed by atoms with E-state index in [2.05, 4.69) is 4.74 Å². The Labute approximate surface area is 105 Å². The number of ether oxygens (including phenoxy) is 1. The van der Waals surface area contributed by atoms with Gasteiger partial charge in [-0.15, -0.1) is 0 Å². The van der Waals surface area contributed by atoms with Crippen LogP contribution in [0, 0.1) is 0 Å². The Bertz CT molecular complexity index is 308. The summed E-state index contributed by atoms with van der Waals surface area (Å²) in [4.78, 5) is 21.9. The molecule has 4 heteroatoms. The van der Waals surface area contributed by atoms with Crippen LogP contribution in [-0.4, -0.2) is 41.5 Å². The third kappa shape index (κ3) is 4.05. The summed E-state index contributed by atoms with van der Waals surface area (Å²) in [5, 5.41) is 0. The van der Waals surface area contributed by atoms with Crippen molar-refractivity contribution in [2.24, 2.45) is 0 Å². The van der Waals surface area contributed by atoms with Crippen molar-refractivity contribution in [3.8, 4) is 0 Å². The molecular weight excluding hydrogens is 191 g/mol. The molecule has 0 saturated heterocycles. The van der Waals surface area contributed by atoms with E-state index in [1.807, 2.05) is 0 Å². The molecule has 1 rings (SSSR count). The predicted molar refractivity (Wildman–Crippen MR) is 54.3 cm³/mol. The fourth-order valence-corrected chi connectivity index (χ4v) is 0.809. The molecule has 0 heterocycles. The third-order valence-electron chi connectivity index (χ3n) is 1.50. The van der Waals surface area contributed by atoms with Gasteiger partial charge in [-0.25, -0.2) is 4.79 Å².